The highest BCUT2D eigenvalue weighted by atomic mass is 32.2. The van der Waals surface area contributed by atoms with Gasteiger partial charge in [-0.15, -0.1) is 0 Å². The van der Waals surface area contributed by atoms with Crippen LogP contribution in [0.4, 0.5) is 0 Å². The Kier molecular flexibility index (Phi) is 6.13. The summed E-state index contributed by atoms with van der Waals surface area (Å²) in [5.74, 6) is 0.661. The van der Waals surface area contributed by atoms with Gasteiger partial charge in [-0.25, -0.2) is 8.42 Å². The number of pyridine rings is 1. The number of methoxy groups -OCH3 is 1. The molecule has 2 aromatic carbocycles. The lowest BCUT2D eigenvalue weighted by molar-refractivity contribution is 0.0925. The van der Waals surface area contributed by atoms with Crippen LogP contribution in [-0.4, -0.2) is 44.1 Å². The van der Waals surface area contributed by atoms with E-state index in [1.54, 1.807) is 49.6 Å². The minimum Gasteiger partial charge on any atom is -0.497 e. The Morgan fingerprint density at radius 1 is 1.16 bits per heavy atom. The van der Waals surface area contributed by atoms with Crippen molar-refractivity contribution in [2.45, 2.75) is 37.3 Å². The minimum absolute atomic E-state index is 0.0431. The summed E-state index contributed by atoms with van der Waals surface area (Å²) in [5.41, 5.74) is 1.70. The standard InChI is InChI=1S/C23H26N2O5S/c1-16-5-8-21(9-6-16)31(27,28)25(15-20-4-3-11-30-20)14-18-12-17-13-19(29-2)7-10-22(17)24-23(18)26/h5-10,12-13,20H,3-4,11,14-15H2,1-2H3,(H,24,26). The van der Waals surface area contributed by atoms with Crippen LogP contribution in [0.2, 0.25) is 0 Å². The van der Waals surface area contributed by atoms with Crippen molar-refractivity contribution in [1.29, 1.82) is 0 Å². The normalized spacial score (nSPS) is 16.8. The maximum Gasteiger partial charge on any atom is 0.252 e. The van der Waals surface area contributed by atoms with Crippen LogP contribution in [0.5, 0.6) is 5.75 Å². The van der Waals surface area contributed by atoms with Crippen LogP contribution in [0.1, 0.15) is 24.0 Å². The van der Waals surface area contributed by atoms with E-state index in [1.807, 2.05) is 13.0 Å². The Morgan fingerprint density at radius 2 is 1.94 bits per heavy atom. The van der Waals surface area contributed by atoms with E-state index in [0.717, 1.165) is 23.8 Å². The van der Waals surface area contributed by atoms with Gasteiger partial charge < -0.3 is 14.5 Å². The van der Waals surface area contributed by atoms with Gasteiger partial charge in [0.15, 0.2) is 0 Å². The Labute approximate surface area is 181 Å². The van der Waals surface area contributed by atoms with Crippen molar-refractivity contribution in [3.8, 4) is 5.75 Å². The van der Waals surface area contributed by atoms with Gasteiger partial charge in [-0.2, -0.15) is 4.31 Å². The summed E-state index contributed by atoms with van der Waals surface area (Å²) in [6.45, 7) is 2.69. The molecule has 3 aromatic rings. The number of sulfonamides is 1. The second-order valence-electron chi connectivity index (χ2n) is 7.82. The number of nitrogens with zero attached hydrogens (tertiary/aromatic N) is 1. The molecule has 31 heavy (non-hydrogen) atoms. The predicted molar refractivity (Wildman–Crippen MR) is 119 cm³/mol. The second kappa shape index (κ2) is 8.82. The maximum absolute atomic E-state index is 13.4. The number of hydrogen-bond acceptors (Lipinski definition) is 5. The molecule has 7 nitrogen and oxygen atoms in total. The zero-order valence-electron chi connectivity index (χ0n) is 17.6. The third-order valence-corrected chi connectivity index (χ3v) is 7.39. The Hall–Kier alpha value is -2.68. The number of rotatable bonds is 7. The highest BCUT2D eigenvalue weighted by molar-refractivity contribution is 7.89. The number of ether oxygens (including phenoxy) is 2. The fourth-order valence-corrected chi connectivity index (χ4v) is 5.24. The van der Waals surface area contributed by atoms with E-state index in [-0.39, 0.29) is 29.6 Å². The summed E-state index contributed by atoms with van der Waals surface area (Å²) in [6.07, 6.45) is 1.52. The molecule has 8 heteroatoms. The summed E-state index contributed by atoms with van der Waals surface area (Å²) < 4.78 is 39.2. The SMILES string of the molecule is COc1ccc2[nH]c(=O)c(CN(CC3CCCO3)S(=O)(=O)c3ccc(C)cc3)cc2c1. The number of hydrogen-bond donors (Lipinski definition) is 1. The molecule has 1 aromatic heterocycles. The molecule has 0 spiro atoms. The van der Waals surface area contributed by atoms with Gasteiger partial charge in [-0.3, -0.25) is 4.79 Å². The smallest absolute Gasteiger partial charge is 0.252 e. The number of H-pyrrole nitrogens is 1. The van der Waals surface area contributed by atoms with E-state index >= 15 is 0 Å². The van der Waals surface area contributed by atoms with Gasteiger partial charge in [0.1, 0.15) is 5.75 Å². The van der Waals surface area contributed by atoms with Crippen molar-refractivity contribution >= 4 is 20.9 Å². The fraction of sp³-hybridized carbons (Fsp3) is 0.348. The molecular formula is C23H26N2O5S. The molecule has 164 valence electrons. The van der Waals surface area contributed by atoms with Crippen LogP contribution in [-0.2, 0) is 21.3 Å². The zero-order chi connectivity index (χ0) is 22.0. The molecule has 4 rings (SSSR count). The first-order valence-electron chi connectivity index (χ1n) is 10.3. The molecule has 0 amide bonds. The van der Waals surface area contributed by atoms with Crippen LogP contribution in [0.3, 0.4) is 0 Å². The molecule has 1 aliphatic heterocycles. The third-order valence-electron chi connectivity index (χ3n) is 5.57. The van der Waals surface area contributed by atoms with Crippen LogP contribution in [0, 0.1) is 6.92 Å². The first-order valence-corrected chi connectivity index (χ1v) is 11.7. The van der Waals surface area contributed by atoms with Crippen molar-refractivity contribution in [3.63, 3.8) is 0 Å². The molecule has 0 aliphatic carbocycles. The Balaban J connectivity index is 1.72. The molecule has 2 heterocycles. The van der Waals surface area contributed by atoms with Gasteiger partial charge in [0.05, 0.1) is 18.1 Å². The van der Waals surface area contributed by atoms with Gasteiger partial charge in [-0.1, -0.05) is 17.7 Å². The molecule has 1 fully saturated rings. The maximum atomic E-state index is 13.4. The molecule has 1 N–H and O–H groups in total. The molecule has 0 bridgehead atoms. The summed E-state index contributed by atoms with van der Waals surface area (Å²) in [6, 6.07) is 13.8. The average molecular weight is 443 g/mol. The van der Waals surface area contributed by atoms with Crippen molar-refractivity contribution in [1.82, 2.24) is 9.29 Å². The van der Waals surface area contributed by atoms with Crippen molar-refractivity contribution < 1.29 is 17.9 Å². The number of fused-ring (bicyclic) bond motifs is 1. The summed E-state index contributed by atoms with van der Waals surface area (Å²) >= 11 is 0. The quantitative estimate of drug-likeness (QED) is 0.607. The third kappa shape index (κ3) is 4.66. The van der Waals surface area contributed by atoms with Crippen molar-refractivity contribution in [3.05, 3.63) is 70.0 Å². The van der Waals surface area contributed by atoms with Crippen molar-refractivity contribution in [2.75, 3.05) is 20.3 Å². The van der Waals surface area contributed by atoms with E-state index < -0.39 is 10.0 Å². The minimum atomic E-state index is -3.81. The summed E-state index contributed by atoms with van der Waals surface area (Å²) in [5, 5.41) is 0.777. The monoisotopic (exact) mass is 442 g/mol. The van der Waals surface area contributed by atoms with Gasteiger partial charge in [0.2, 0.25) is 10.0 Å². The summed E-state index contributed by atoms with van der Waals surface area (Å²) in [7, 11) is -2.24. The molecule has 1 unspecified atom stereocenters. The van der Waals surface area contributed by atoms with E-state index in [2.05, 4.69) is 4.98 Å². The molecule has 1 aliphatic rings. The van der Waals surface area contributed by atoms with Crippen LogP contribution in [0.15, 0.2) is 58.2 Å². The number of aromatic amines is 1. The first kappa shape index (κ1) is 21.5. The van der Waals surface area contributed by atoms with E-state index in [9.17, 15) is 13.2 Å². The number of nitrogens with one attached hydrogen (secondary N) is 1. The Morgan fingerprint density at radius 3 is 2.61 bits per heavy atom. The van der Waals surface area contributed by atoms with E-state index in [1.165, 1.54) is 4.31 Å². The highest BCUT2D eigenvalue weighted by Crippen LogP contribution is 2.24. The second-order valence-corrected chi connectivity index (χ2v) is 9.76. The number of aromatic nitrogens is 1. The Bertz CT molecular complexity index is 1230. The molecule has 0 radical (unpaired) electrons. The van der Waals surface area contributed by atoms with Crippen LogP contribution < -0.4 is 10.3 Å². The molecule has 1 atom stereocenters. The van der Waals surface area contributed by atoms with E-state index in [0.29, 0.717) is 23.4 Å². The topological polar surface area (TPSA) is 88.7 Å². The summed E-state index contributed by atoms with van der Waals surface area (Å²) in [4.78, 5) is 15.8. The lowest BCUT2D eigenvalue weighted by atomic mass is 10.1. The van der Waals surface area contributed by atoms with Crippen molar-refractivity contribution in [2.24, 2.45) is 0 Å². The first-order chi connectivity index (χ1) is 14.9. The highest BCUT2D eigenvalue weighted by Gasteiger charge is 2.30. The number of aryl methyl sites for hydroxylation is 1. The van der Waals surface area contributed by atoms with Gasteiger partial charge in [0, 0.05) is 36.2 Å². The lowest BCUT2D eigenvalue weighted by Crippen LogP contribution is -2.38. The average Bonchev–Trinajstić information content (AvgIpc) is 3.27. The lowest BCUT2D eigenvalue weighted by Gasteiger charge is -2.25. The largest absolute Gasteiger partial charge is 0.497 e. The number of benzene rings is 2. The van der Waals surface area contributed by atoms with E-state index in [4.69, 9.17) is 9.47 Å². The zero-order valence-corrected chi connectivity index (χ0v) is 18.4. The molecule has 0 saturated carbocycles. The van der Waals surface area contributed by atoms with Gasteiger partial charge >= 0.3 is 0 Å². The van der Waals surface area contributed by atoms with Gasteiger partial charge in [0.25, 0.3) is 5.56 Å². The van der Waals surface area contributed by atoms with Crippen LogP contribution in [0.25, 0.3) is 10.9 Å². The van der Waals surface area contributed by atoms with Gasteiger partial charge in [-0.05, 0) is 56.2 Å². The van der Waals surface area contributed by atoms with Crippen LogP contribution >= 0.6 is 0 Å². The molecule has 1 saturated heterocycles. The molecular weight excluding hydrogens is 416 g/mol. The predicted octanol–water partition coefficient (Wildman–Crippen LogP) is 3.22. The fourth-order valence-electron chi connectivity index (χ4n) is 3.79.